The van der Waals surface area contributed by atoms with Crippen LogP contribution in [0.15, 0.2) is 6.20 Å². The van der Waals surface area contributed by atoms with Crippen molar-refractivity contribution < 1.29 is 9.84 Å². The van der Waals surface area contributed by atoms with Gasteiger partial charge in [-0.15, -0.1) is 0 Å². The monoisotopic (exact) mass is 223 g/mol. The Labute approximate surface area is 94.4 Å². The van der Waals surface area contributed by atoms with Gasteiger partial charge in [0.15, 0.2) is 5.75 Å². The summed E-state index contributed by atoms with van der Waals surface area (Å²) in [5.74, 6) is 0.753. The zero-order valence-corrected chi connectivity index (χ0v) is 9.44. The van der Waals surface area contributed by atoms with Gasteiger partial charge in [-0.25, -0.2) is 0 Å². The van der Waals surface area contributed by atoms with E-state index in [4.69, 9.17) is 4.74 Å². The minimum absolute atomic E-state index is 0.180. The van der Waals surface area contributed by atoms with Gasteiger partial charge in [0, 0.05) is 13.5 Å². The van der Waals surface area contributed by atoms with E-state index in [1.807, 2.05) is 13.2 Å². The van der Waals surface area contributed by atoms with Gasteiger partial charge in [-0.2, -0.15) is 5.10 Å². The Hall–Kier alpha value is -1.07. The Morgan fingerprint density at radius 2 is 2.31 bits per heavy atom. The fourth-order valence-electron chi connectivity index (χ4n) is 2.71. The molecule has 3 heterocycles. The van der Waals surface area contributed by atoms with Crippen molar-refractivity contribution in [3.8, 4) is 5.75 Å². The summed E-state index contributed by atoms with van der Waals surface area (Å²) in [5, 5.41) is 17.7. The summed E-state index contributed by atoms with van der Waals surface area (Å²) < 4.78 is 7.77. The van der Waals surface area contributed by atoms with E-state index in [1.54, 1.807) is 4.68 Å². The van der Waals surface area contributed by atoms with E-state index >= 15 is 0 Å². The maximum absolute atomic E-state index is 10.1. The van der Waals surface area contributed by atoms with E-state index in [9.17, 15) is 5.11 Å². The first kappa shape index (κ1) is 10.1. The SMILES string of the molecule is Cn1cc2c(n1)C(O)CC1(CCNCC1)O2. The lowest BCUT2D eigenvalue weighted by atomic mass is 9.84. The fourth-order valence-corrected chi connectivity index (χ4v) is 2.71. The van der Waals surface area contributed by atoms with Gasteiger partial charge >= 0.3 is 0 Å². The number of aromatic nitrogens is 2. The Balaban J connectivity index is 1.93. The van der Waals surface area contributed by atoms with Crippen LogP contribution in [0.1, 0.15) is 31.1 Å². The zero-order valence-electron chi connectivity index (χ0n) is 9.44. The second-order valence-corrected chi connectivity index (χ2v) is 4.81. The van der Waals surface area contributed by atoms with Crippen LogP contribution in [-0.2, 0) is 7.05 Å². The number of rotatable bonds is 0. The predicted molar refractivity (Wildman–Crippen MR) is 58.2 cm³/mol. The van der Waals surface area contributed by atoms with Gasteiger partial charge in [-0.1, -0.05) is 0 Å². The first-order valence-electron chi connectivity index (χ1n) is 5.80. The minimum atomic E-state index is -0.483. The molecule has 1 saturated heterocycles. The number of hydrogen-bond donors (Lipinski definition) is 2. The van der Waals surface area contributed by atoms with Crippen molar-refractivity contribution in [2.24, 2.45) is 7.05 Å². The first-order chi connectivity index (χ1) is 7.69. The molecule has 2 aliphatic heterocycles. The maximum Gasteiger partial charge on any atom is 0.163 e. The number of fused-ring (bicyclic) bond motifs is 1. The summed E-state index contributed by atoms with van der Waals surface area (Å²) in [6.45, 7) is 1.92. The third-order valence-electron chi connectivity index (χ3n) is 3.54. The van der Waals surface area contributed by atoms with Crippen LogP contribution < -0.4 is 10.1 Å². The molecule has 1 fully saturated rings. The lowest BCUT2D eigenvalue weighted by molar-refractivity contribution is -0.0347. The Bertz CT molecular complexity index is 396. The highest BCUT2D eigenvalue weighted by molar-refractivity contribution is 5.30. The van der Waals surface area contributed by atoms with Crippen molar-refractivity contribution in [2.45, 2.75) is 31.0 Å². The topological polar surface area (TPSA) is 59.3 Å². The predicted octanol–water partition coefficient (Wildman–Crippen LogP) is 0.358. The van der Waals surface area contributed by atoms with Gasteiger partial charge in [0.1, 0.15) is 17.4 Å². The van der Waals surface area contributed by atoms with Crippen molar-refractivity contribution in [1.82, 2.24) is 15.1 Å². The van der Waals surface area contributed by atoms with Crippen LogP contribution in [0.4, 0.5) is 0 Å². The van der Waals surface area contributed by atoms with E-state index in [0.717, 1.165) is 31.7 Å². The van der Waals surface area contributed by atoms with Gasteiger partial charge in [0.2, 0.25) is 0 Å². The molecule has 88 valence electrons. The highest BCUT2D eigenvalue weighted by Crippen LogP contribution is 2.42. The van der Waals surface area contributed by atoms with Crippen LogP contribution >= 0.6 is 0 Å². The number of ether oxygens (including phenoxy) is 1. The largest absolute Gasteiger partial charge is 0.483 e. The third kappa shape index (κ3) is 1.51. The number of nitrogens with zero attached hydrogens (tertiary/aromatic N) is 2. The summed E-state index contributed by atoms with van der Waals surface area (Å²) in [5.41, 5.74) is 0.507. The average molecular weight is 223 g/mol. The molecular formula is C11H17N3O2. The standard InChI is InChI=1S/C11H17N3O2/c1-14-7-9-10(13-14)8(15)6-11(16-9)2-4-12-5-3-11/h7-8,12,15H,2-6H2,1H3. The molecule has 0 aromatic carbocycles. The van der Waals surface area contributed by atoms with Gasteiger partial charge in [-0.05, 0) is 25.9 Å². The molecule has 1 unspecified atom stereocenters. The highest BCUT2D eigenvalue weighted by atomic mass is 16.5. The van der Waals surface area contributed by atoms with Crippen molar-refractivity contribution in [1.29, 1.82) is 0 Å². The molecular weight excluding hydrogens is 206 g/mol. The summed E-state index contributed by atoms with van der Waals surface area (Å²) in [4.78, 5) is 0. The van der Waals surface area contributed by atoms with E-state index < -0.39 is 6.10 Å². The lowest BCUT2D eigenvalue weighted by Gasteiger charge is -2.41. The molecule has 1 aromatic heterocycles. The fraction of sp³-hybridized carbons (Fsp3) is 0.727. The van der Waals surface area contributed by atoms with Crippen molar-refractivity contribution >= 4 is 0 Å². The zero-order chi connectivity index (χ0) is 11.2. The van der Waals surface area contributed by atoms with Crippen molar-refractivity contribution in [2.75, 3.05) is 13.1 Å². The van der Waals surface area contributed by atoms with Gasteiger partial charge in [-0.3, -0.25) is 4.68 Å². The van der Waals surface area contributed by atoms with Crippen LogP contribution in [0.2, 0.25) is 0 Å². The molecule has 0 aliphatic carbocycles. The smallest absolute Gasteiger partial charge is 0.163 e. The average Bonchev–Trinajstić information content (AvgIpc) is 2.60. The van der Waals surface area contributed by atoms with Crippen molar-refractivity contribution in [3.05, 3.63) is 11.9 Å². The maximum atomic E-state index is 10.1. The Morgan fingerprint density at radius 3 is 3.06 bits per heavy atom. The summed E-state index contributed by atoms with van der Waals surface area (Å²) in [7, 11) is 1.85. The van der Waals surface area contributed by atoms with Gasteiger partial charge in [0.05, 0.1) is 6.20 Å². The van der Waals surface area contributed by atoms with Gasteiger partial charge in [0.25, 0.3) is 0 Å². The normalized spacial score (nSPS) is 27.5. The molecule has 5 nitrogen and oxygen atoms in total. The molecule has 0 amide bonds. The van der Waals surface area contributed by atoms with E-state index in [0.29, 0.717) is 12.1 Å². The molecule has 16 heavy (non-hydrogen) atoms. The quantitative estimate of drug-likeness (QED) is 0.666. The second kappa shape index (κ2) is 3.46. The second-order valence-electron chi connectivity index (χ2n) is 4.81. The van der Waals surface area contributed by atoms with E-state index in [1.165, 1.54) is 0 Å². The van der Waals surface area contributed by atoms with E-state index in [2.05, 4.69) is 10.4 Å². The number of aliphatic hydroxyl groups is 1. The number of nitrogens with one attached hydrogen (secondary N) is 1. The molecule has 0 radical (unpaired) electrons. The lowest BCUT2D eigenvalue weighted by Crippen LogP contribution is -2.49. The molecule has 1 spiro atoms. The Morgan fingerprint density at radius 1 is 1.56 bits per heavy atom. The number of hydrogen-bond acceptors (Lipinski definition) is 4. The van der Waals surface area contributed by atoms with Crippen LogP contribution in [0.5, 0.6) is 5.75 Å². The molecule has 3 rings (SSSR count). The van der Waals surface area contributed by atoms with Crippen molar-refractivity contribution in [3.63, 3.8) is 0 Å². The van der Waals surface area contributed by atoms with E-state index in [-0.39, 0.29) is 5.60 Å². The Kier molecular flexibility index (Phi) is 2.19. The van der Waals surface area contributed by atoms with Crippen LogP contribution in [0.25, 0.3) is 0 Å². The molecule has 1 atom stereocenters. The summed E-state index contributed by atoms with van der Waals surface area (Å²) >= 11 is 0. The molecule has 5 heteroatoms. The van der Waals surface area contributed by atoms with Crippen LogP contribution in [-0.4, -0.2) is 33.6 Å². The van der Waals surface area contributed by atoms with Crippen LogP contribution in [0.3, 0.4) is 0 Å². The highest BCUT2D eigenvalue weighted by Gasteiger charge is 2.42. The summed E-state index contributed by atoms with van der Waals surface area (Å²) in [6.07, 6.45) is 3.94. The first-order valence-corrected chi connectivity index (χ1v) is 5.80. The van der Waals surface area contributed by atoms with Gasteiger partial charge < -0.3 is 15.2 Å². The number of piperidine rings is 1. The van der Waals surface area contributed by atoms with Crippen LogP contribution in [0, 0.1) is 0 Å². The third-order valence-corrected chi connectivity index (χ3v) is 3.54. The molecule has 1 aromatic rings. The number of aliphatic hydroxyl groups excluding tert-OH is 1. The number of aryl methyl sites for hydroxylation is 1. The minimum Gasteiger partial charge on any atom is -0.483 e. The molecule has 2 aliphatic rings. The molecule has 0 bridgehead atoms. The molecule has 0 saturated carbocycles. The summed E-state index contributed by atoms with van der Waals surface area (Å²) in [6, 6.07) is 0. The molecule has 2 N–H and O–H groups in total.